The molecule has 2 aromatic heterocycles. The summed E-state index contributed by atoms with van der Waals surface area (Å²) in [4.78, 5) is 29.5. The molecule has 1 aliphatic carbocycles. The lowest BCUT2D eigenvalue weighted by molar-refractivity contribution is -0.116. The molecule has 0 unspecified atom stereocenters. The summed E-state index contributed by atoms with van der Waals surface area (Å²) in [6.07, 6.45) is 7.79. The fraction of sp³-hybridized carbons (Fsp3) is 0.438. The third kappa shape index (κ3) is 3.29. The summed E-state index contributed by atoms with van der Waals surface area (Å²) in [6.45, 7) is 2.37. The smallest absolute Gasteiger partial charge is 0.341 e. The van der Waals surface area contributed by atoms with E-state index in [9.17, 15) is 9.59 Å². The van der Waals surface area contributed by atoms with Crippen LogP contribution in [0, 0.1) is 5.92 Å². The Morgan fingerprint density at radius 2 is 2.35 bits per heavy atom. The Morgan fingerprint density at radius 1 is 1.52 bits per heavy atom. The van der Waals surface area contributed by atoms with Gasteiger partial charge in [0.25, 0.3) is 0 Å². The maximum Gasteiger partial charge on any atom is 0.341 e. The predicted octanol–water partition coefficient (Wildman–Crippen LogP) is 2.49. The van der Waals surface area contributed by atoms with Crippen LogP contribution in [-0.4, -0.2) is 28.5 Å². The number of imidazole rings is 1. The third-order valence-electron chi connectivity index (χ3n) is 4.04. The van der Waals surface area contributed by atoms with Crippen molar-refractivity contribution in [2.24, 2.45) is 5.92 Å². The van der Waals surface area contributed by atoms with Crippen LogP contribution in [0.4, 0.5) is 5.00 Å². The standard InChI is InChI=1S/C16H19N3O3S/c1-10-3-4-11-12(7-10)23-15(14(11)16(21)22-2)18-13(20)8-19-6-5-17-9-19/h5-6,9-10H,3-4,7-8H2,1-2H3,(H,18,20)/t10-/m1/s1. The summed E-state index contributed by atoms with van der Waals surface area (Å²) in [7, 11) is 1.37. The van der Waals surface area contributed by atoms with Crippen LogP contribution in [0.3, 0.4) is 0 Å². The molecule has 0 aromatic carbocycles. The van der Waals surface area contributed by atoms with Gasteiger partial charge in [0.15, 0.2) is 0 Å². The van der Waals surface area contributed by atoms with Crippen molar-refractivity contribution < 1.29 is 14.3 Å². The number of hydrogen-bond acceptors (Lipinski definition) is 5. The van der Waals surface area contributed by atoms with Crippen LogP contribution >= 0.6 is 11.3 Å². The van der Waals surface area contributed by atoms with Gasteiger partial charge in [-0.3, -0.25) is 4.79 Å². The van der Waals surface area contributed by atoms with E-state index in [1.54, 1.807) is 23.3 Å². The normalized spacial score (nSPS) is 16.7. The molecule has 0 aliphatic heterocycles. The second kappa shape index (κ2) is 6.54. The lowest BCUT2D eigenvalue weighted by atomic mass is 9.88. The van der Waals surface area contributed by atoms with E-state index < -0.39 is 0 Å². The molecule has 0 fully saturated rings. The number of anilines is 1. The van der Waals surface area contributed by atoms with Crippen molar-refractivity contribution in [1.29, 1.82) is 0 Å². The number of fused-ring (bicyclic) bond motifs is 1. The first-order valence-corrected chi connectivity index (χ1v) is 8.38. The Labute approximate surface area is 138 Å². The molecule has 6 nitrogen and oxygen atoms in total. The number of ether oxygens (including phenoxy) is 1. The number of aromatic nitrogens is 2. The summed E-state index contributed by atoms with van der Waals surface area (Å²) in [5.74, 6) is 0.0379. The highest BCUT2D eigenvalue weighted by Gasteiger charge is 2.28. The van der Waals surface area contributed by atoms with E-state index in [2.05, 4.69) is 17.2 Å². The van der Waals surface area contributed by atoms with Gasteiger partial charge in [-0.1, -0.05) is 6.92 Å². The number of methoxy groups -OCH3 is 1. The Morgan fingerprint density at radius 3 is 3.04 bits per heavy atom. The molecular weight excluding hydrogens is 314 g/mol. The molecule has 0 saturated heterocycles. The zero-order chi connectivity index (χ0) is 16.4. The first kappa shape index (κ1) is 15.7. The van der Waals surface area contributed by atoms with E-state index in [1.165, 1.54) is 23.3 Å². The Kier molecular flexibility index (Phi) is 4.47. The van der Waals surface area contributed by atoms with Crippen LogP contribution in [0.5, 0.6) is 0 Å². The molecule has 0 spiro atoms. The van der Waals surface area contributed by atoms with Crippen LogP contribution in [0.15, 0.2) is 18.7 Å². The van der Waals surface area contributed by atoms with Crippen molar-refractivity contribution in [3.05, 3.63) is 34.7 Å². The van der Waals surface area contributed by atoms with Crippen molar-refractivity contribution in [2.75, 3.05) is 12.4 Å². The largest absolute Gasteiger partial charge is 0.465 e. The molecule has 0 saturated carbocycles. The molecule has 122 valence electrons. The first-order valence-electron chi connectivity index (χ1n) is 7.57. The highest BCUT2D eigenvalue weighted by molar-refractivity contribution is 7.17. The van der Waals surface area contributed by atoms with Gasteiger partial charge in [-0.25, -0.2) is 9.78 Å². The highest BCUT2D eigenvalue weighted by atomic mass is 32.1. The van der Waals surface area contributed by atoms with Crippen molar-refractivity contribution in [2.45, 2.75) is 32.7 Å². The second-order valence-corrected chi connectivity index (χ2v) is 6.94. The number of hydrogen-bond donors (Lipinski definition) is 1. The average molecular weight is 333 g/mol. The fourth-order valence-electron chi connectivity index (χ4n) is 2.87. The van der Waals surface area contributed by atoms with Gasteiger partial charge >= 0.3 is 5.97 Å². The van der Waals surface area contributed by atoms with Gasteiger partial charge in [-0.15, -0.1) is 11.3 Å². The topological polar surface area (TPSA) is 73.2 Å². The van der Waals surface area contributed by atoms with Crippen molar-refractivity contribution in [3.8, 4) is 0 Å². The first-order chi connectivity index (χ1) is 11.1. The summed E-state index contributed by atoms with van der Waals surface area (Å²) in [6, 6.07) is 0. The van der Waals surface area contributed by atoms with Gasteiger partial charge < -0.3 is 14.6 Å². The monoisotopic (exact) mass is 333 g/mol. The van der Waals surface area contributed by atoms with Crippen LogP contribution in [-0.2, 0) is 28.9 Å². The molecule has 2 aromatic rings. The number of rotatable bonds is 4. The number of nitrogens with zero attached hydrogens (tertiary/aromatic N) is 2. The van der Waals surface area contributed by atoms with Crippen molar-refractivity contribution in [1.82, 2.24) is 9.55 Å². The Balaban J connectivity index is 1.85. The molecular formula is C16H19N3O3S. The second-order valence-electron chi connectivity index (χ2n) is 5.83. The number of amides is 1. The van der Waals surface area contributed by atoms with E-state index in [0.717, 1.165) is 24.8 Å². The lowest BCUT2D eigenvalue weighted by Crippen LogP contribution is -2.19. The molecule has 1 aliphatic rings. The summed E-state index contributed by atoms with van der Waals surface area (Å²) in [5, 5.41) is 3.46. The molecule has 0 radical (unpaired) electrons. The number of carbonyl (C=O) groups excluding carboxylic acids is 2. The highest BCUT2D eigenvalue weighted by Crippen LogP contribution is 2.40. The maximum absolute atomic E-state index is 12.2. The molecule has 23 heavy (non-hydrogen) atoms. The minimum absolute atomic E-state index is 0.166. The zero-order valence-electron chi connectivity index (χ0n) is 13.2. The summed E-state index contributed by atoms with van der Waals surface area (Å²) >= 11 is 1.49. The maximum atomic E-state index is 12.2. The molecule has 3 rings (SSSR count). The molecule has 1 atom stereocenters. The SMILES string of the molecule is COC(=O)c1c(NC(=O)Cn2ccnc2)sc2c1CC[C@@H](C)C2. The van der Waals surface area contributed by atoms with E-state index in [1.807, 2.05) is 0 Å². The molecule has 7 heteroatoms. The summed E-state index contributed by atoms with van der Waals surface area (Å²) in [5.41, 5.74) is 1.57. The molecule has 1 N–H and O–H groups in total. The van der Waals surface area contributed by atoms with Gasteiger partial charge in [0.1, 0.15) is 11.5 Å². The molecule has 1 amide bonds. The van der Waals surface area contributed by atoms with E-state index in [4.69, 9.17) is 4.74 Å². The minimum atomic E-state index is -0.380. The number of esters is 1. The quantitative estimate of drug-likeness (QED) is 0.873. The third-order valence-corrected chi connectivity index (χ3v) is 5.21. The lowest BCUT2D eigenvalue weighted by Gasteiger charge is -2.18. The Hall–Kier alpha value is -2.15. The minimum Gasteiger partial charge on any atom is -0.465 e. The van der Waals surface area contributed by atoms with Crippen molar-refractivity contribution in [3.63, 3.8) is 0 Å². The van der Waals surface area contributed by atoms with Gasteiger partial charge in [-0.2, -0.15) is 0 Å². The number of nitrogens with one attached hydrogen (secondary N) is 1. The van der Waals surface area contributed by atoms with Gasteiger partial charge in [0.05, 0.1) is 19.0 Å². The van der Waals surface area contributed by atoms with E-state index in [0.29, 0.717) is 16.5 Å². The van der Waals surface area contributed by atoms with Crippen LogP contribution in [0.1, 0.15) is 34.1 Å². The van der Waals surface area contributed by atoms with Crippen molar-refractivity contribution >= 4 is 28.2 Å². The van der Waals surface area contributed by atoms with Crippen LogP contribution < -0.4 is 5.32 Å². The van der Waals surface area contributed by atoms with Crippen LogP contribution in [0.25, 0.3) is 0 Å². The predicted molar refractivity (Wildman–Crippen MR) is 87.7 cm³/mol. The van der Waals surface area contributed by atoms with E-state index in [-0.39, 0.29) is 18.4 Å². The zero-order valence-corrected chi connectivity index (χ0v) is 14.0. The van der Waals surface area contributed by atoms with E-state index >= 15 is 0 Å². The van der Waals surface area contributed by atoms with Crippen LogP contribution in [0.2, 0.25) is 0 Å². The molecule has 2 heterocycles. The fourth-order valence-corrected chi connectivity index (χ4v) is 4.28. The molecule has 0 bridgehead atoms. The van der Waals surface area contributed by atoms with Gasteiger partial charge in [-0.05, 0) is 30.7 Å². The Bertz CT molecular complexity index is 721. The van der Waals surface area contributed by atoms with Gasteiger partial charge in [0, 0.05) is 17.3 Å². The summed E-state index contributed by atoms with van der Waals surface area (Å²) < 4.78 is 6.60. The number of thiophene rings is 1. The average Bonchev–Trinajstić information content (AvgIpc) is 3.13. The number of carbonyl (C=O) groups is 2. The van der Waals surface area contributed by atoms with Gasteiger partial charge in [0.2, 0.25) is 5.91 Å².